The van der Waals surface area contributed by atoms with Crippen molar-refractivity contribution in [1.82, 2.24) is 9.78 Å². The Balaban J connectivity index is 2.41. The smallest absolute Gasteiger partial charge is 0.0624 e. The van der Waals surface area contributed by atoms with E-state index in [9.17, 15) is 0 Å². The quantitative estimate of drug-likeness (QED) is 0.655. The fraction of sp³-hybridized carbons (Fsp3) is 0.600. The molecule has 1 radical (unpaired) electrons. The summed E-state index contributed by atoms with van der Waals surface area (Å²) in [7, 11) is 0. The van der Waals surface area contributed by atoms with Crippen LogP contribution in [0.1, 0.15) is 31.9 Å². The minimum atomic E-state index is 1.00. The van der Waals surface area contributed by atoms with Crippen molar-refractivity contribution in [3.8, 4) is 0 Å². The number of aryl methyl sites for hydroxylation is 2. The lowest BCUT2D eigenvalue weighted by Crippen LogP contribution is -1.98. The van der Waals surface area contributed by atoms with Gasteiger partial charge in [-0.1, -0.05) is 20.3 Å². The molecule has 0 aliphatic rings. The molecule has 1 aromatic heterocycles. The van der Waals surface area contributed by atoms with Gasteiger partial charge in [-0.05, 0) is 25.3 Å². The second-order valence-corrected chi connectivity index (χ2v) is 3.03. The summed E-state index contributed by atoms with van der Waals surface area (Å²) >= 11 is 0. The standard InChI is InChI=1S/C10H17N2/c1-3-5-6-10-7-9-12(11-10)8-4-2/h7,9H,1,3-6,8H2,2H3. The van der Waals surface area contributed by atoms with Gasteiger partial charge in [-0.3, -0.25) is 4.68 Å². The second-order valence-electron chi connectivity index (χ2n) is 3.03. The molecule has 0 bridgehead atoms. The molecule has 1 rings (SSSR count). The zero-order chi connectivity index (χ0) is 8.81. The lowest BCUT2D eigenvalue weighted by molar-refractivity contribution is 0.591. The van der Waals surface area contributed by atoms with Crippen molar-refractivity contribution < 1.29 is 0 Å². The molecule has 12 heavy (non-hydrogen) atoms. The molecule has 0 fully saturated rings. The van der Waals surface area contributed by atoms with Gasteiger partial charge in [0.25, 0.3) is 0 Å². The second kappa shape index (κ2) is 4.96. The van der Waals surface area contributed by atoms with Crippen LogP contribution in [-0.2, 0) is 13.0 Å². The Morgan fingerprint density at radius 3 is 3.08 bits per heavy atom. The van der Waals surface area contributed by atoms with Crippen LogP contribution in [0.3, 0.4) is 0 Å². The molecular weight excluding hydrogens is 148 g/mol. The maximum absolute atomic E-state index is 4.43. The lowest BCUT2D eigenvalue weighted by atomic mass is 10.2. The zero-order valence-corrected chi connectivity index (χ0v) is 7.79. The third-order valence-electron chi connectivity index (χ3n) is 1.83. The monoisotopic (exact) mass is 165 g/mol. The summed E-state index contributed by atoms with van der Waals surface area (Å²) in [6.45, 7) is 7.01. The van der Waals surface area contributed by atoms with E-state index < -0.39 is 0 Å². The maximum atomic E-state index is 4.43. The molecule has 2 nitrogen and oxygen atoms in total. The summed E-state index contributed by atoms with van der Waals surface area (Å²) in [5, 5.41) is 4.43. The van der Waals surface area contributed by atoms with Gasteiger partial charge in [0, 0.05) is 12.7 Å². The van der Waals surface area contributed by atoms with Gasteiger partial charge in [0.1, 0.15) is 0 Å². The first-order valence-electron chi connectivity index (χ1n) is 4.68. The molecule has 0 aromatic carbocycles. The van der Waals surface area contributed by atoms with Gasteiger partial charge in [-0.15, -0.1) is 0 Å². The average molecular weight is 165 g/mol. The summed E-state index contributed by atoms with van der Waals surface area (Å²) in [6, 6.07) is 2.10. The maximum Gasteiger partial charge on any atom is 0.0624 e. The van der Waals surface area contributed by atoms with E-state index >= 15 is 0 Å². The van der Waals surface area contributed by atoms with Gasteiger partial charge < -0.3 is 0 Å². The van der Waals surface area contributed by atoms with Crippen molar-refractivity contribution in [1.29, 1.82) is 0 Å². The molecule has 0 atom stereocenters. The van der Waals surface area contributed by atoms with Crippen molar-refractivity contribution in [3.05, 3.63) is 24.9 Å². The highest BCUT2D eigenvalue weighted by Gasteiger charge is 1.96. The molecule has 0 aliphatic heterocycles. The van der Waals surface area contributed by atoms with Crippen LogP contribution in [0, 0.1) is 6.92 Å². The Morgan fingerprint density at radius 2 is 2.42 bits per heavy atom. The van der Waals surface area contributed by atoms with E-state index in [2.05, 4.69) is 31.2 Å². The Bertz CT molecular complexity index is 215. The largest absolute Gasteiger partial charge is 0.273 e. The molecule has 0 aliphatic carbocycles. The Kier molecular flexibility index (Phi) is 3.85. The Labute approximate surface area is 74.6 Å². The molecule has 1 heterocycles. The van der Waals surface area contributed by atoms with Gasteiger partial charge in [0.2, 0.25) is 0 Å². The van der Waals surface area contributed by atoms with Crippen LogP contribution in [0.4, 0.5) is 0 Å². The molecule has 0 unspecified atom stereocenters. The normalized spacial score (nSPS) is 10.5. The van der Waals surface area contributed by atoms with Crippen LogP contribution < -0.4 is 0 Å². The topological polar surface area (TPSA) is 17.8 Å². The summed E-state index contributed by atoms with van der Waals surface area (Å²) in [4.78, 5) is 0. The van der Waals surface area contributed by atoms with Crippen LogP contribution >= 0.6 is 0 Å². The SMILES string of the molecule is [CH2]CCCc1ccn(CCC)n1. The molecule has 0 saturated heterocycles. The molecular formula is C10H17N2. The van der Waals surface area contributed by atoms with Crippen LogP contribution in [-0.4, -0.2) is 9.78 Å². The van der Waals surface area contributed by atoms with E-state index in [-0.39, 0.29) is 0 Å². The predicted octanol–water partition coefficient (Wildman–Crippen LogP) is 2.45. The number of hydrogen-bond acceptors (Lipinski definition) is 1. The third kappa shape index (κ3) is 2.68. The third-order valence-corrected chi connectivity index (χ3v) is 1.83. The summed E-state index contributed by atoms with van der Waals surface area (Å²) in [5.74, 6) is 0. The van der Waals surface area contributed by atoms with Crippen LogP contribution in [0.15, 0.2) is 12.3 Å². The van der Waals surface area contributed by atoms with Gasteiger partial charge >= 0.3 is 0 Å². The number of nitrogens with zero attached hydrogens (tertiary/aromatic N) is 2. The van der Waals surface area contributed by atoms with Gasteiger partial charge in [-0.2, -0.15) is 5.10 Å². The molecule has 0 spiro atoms. The average Bonchev–Trinajstić information content (AvgIpc) is 2.50. The van der Waals surface area contributed by atoms with E-state index in [1.54, 1.807) is 0 Å². The lowest BCUT2D eigenvalue weighted by Gasteiger charge is -1.96. The van der Waals surface area contributed by atoms with Crippen molar-refractivity contribution in [2.75, 3.05) is 0 Å². The first-order valence-corrected chi connectivity index (χ1v) is 4.68. The highest BCUT2D eigenvalue weighted by atomic mass is 15.3. The highest BCUT2D eigenvalue weighted by Crippen LogP contribution is 2.01. The molecule has 0 N–H and O–H groups in total. The predicted molar refractivity (Wildman–Crippen MR) is 50.8 cm³/mol. The van der Waals surface area contributed by atoms with Crippen LogP contribution in [0.25, 0.3) is 0 Å². The zero-order valence-electron chi connectivity index (χ0n) is 7.79. The summed E-state index contributed by atoms with van der Waals surface area (Å²) in [6.07, 6.45) is 6.42. The van der Waals surface area contributed by atoms with Crippen LogP contribution in [0.5, 0.6) is 0 Å². The summed E-state index contributed by atoms with van der Waals surface area (Å²) < 4.78 is 2.01. The number of rotatable bonds is 5. The highest BCUT2D eigenvalue weighted by molar-refractivity contribution is 4.98. The van der Waals surface area contributed by atoms with Crippen molar-refractivity contribution in [3.63, 3.8) is 0 Å². The van der Waals surface area contributed by atoms with E-state index in [1.807, 2.05) is 4.68 Å². The molecule has 2 heteroatoms. The Morgan fingerprint density at radius 1 is 1.58 bits per heavy atom. The van der Waals surface area contributed by atoms with Crippen molar-refractivity contribution >= 4 is 0 Å². The molecule has 0 saturated carbocycles. The first-order chi connectivity index (χ1) is 5.86. The fourth-order valence-electron chi connectivity index (χ4n) is 1.20. The number of hydrogen-bond donors (Lipinski definition) is 0. The Hall–Kier alpha value is -0.790. The fourth-order valence-corrected chi connectivity index (χ4v) is 1.20. The first kappa shape index (κ1) is 9.30. The van der Waals surface area contributed by atoms with Crippen molar-refractivity contribution in [2.24, 2.45) is 0 Å². The van der Waals surface area contributed by atoms with Crippen LogP contribution in [0.2, 0.25) is 0 Å². The van der Waals surface area contributed by atoms with Crippen molar-refractivity contribution in [2.45, 2.75) is 39.2 Å². The molecule has 0 amide bonds. The number of unbranched alkanes of at least 4 members (excludes halogenated alkanes) is 1. The van der Waals surface area contributed by atoms with E-state index in [0.717, 1.165) is 32.2 Å². The van der Waals surface area contributed by atoms with E-state index in [0.29, 0.717) is 0 Å². The van der Waals surface area contributed by atoms with E-state index in [1.165, 1.54) is 5.69 Å². The van der Waals surface area contributed by atoms with Gasteiger partial charge in [0.05, 0.1) is 5.69 Å². The minimum Gasteiger partial charge on any atom is -0.273 e. The summed E-state index contributed by atoms with van der Waals surface area (Å²) in [5.41, 5.74) is 1.20. The van der Waals surface area contributed by atoms with Gasteiger partial charge in [0.15, 0.2) is 0 Å². The minimum absolute atomic E-state index is 1.00. The van der Waals surface area contributed by atoms with Gasteiger partial charge in [-0.25, -0.2) is 0 Å². The molecule has 1 aromatic rings. The van der Waals surface area contributed by atoms with E-state index in [4.69, 9.17) is 0 Å². The molecule has 67 valence electrons. The number of aromatic nitrogens is 2.